The van der Waals surface area contributed by atoms with Crippen LogP contribution in [0, 0.1) is 5.92 Å². The van der Waals surface area contributed by atoms with E-state index in [-0.39, 0.29) is 0 Å². The highest BCUT2D eigenvalue weighted by molar-refractivity contribution is 5.23. The fourth-order valence-corrected chi connectivity index (χ4v) is 1.45. The third-order valence-corrected chi connectivity index (χ3v) is 2.55. The molecule has 0 aromatic carbocycles. The Labute approximate surface area is 73.5 Å². The van der Waals surface area contributed by atoms with Crippen LogP contribution in [0.3, 0.4) is 0 Å². The molecule has 12 heavy (non-hydrogen) atoms. The van der Waals surface area contributed by atoms with Gasteiger partial charge >= 0.3 is 0 Å². The first-order valence-electron chi connectivity index (χ1n) is 4.28. The molecule has 0 bridgehead atoms. The van der Waals surface area contributed by atoms with Gasteiger partial charge in [0.1, 0.15) is 5.60 Å². The third-order valence-electron chi connectivity index (χ3n) is 2.55. The molecule has 0 spiro atoms. The molecular formula is C10H16O2. The molecule has 1 aliphatic carbocycles. The fraction of sp³-hybridized carbons (Fsp3) is 0.600. The number of allylic oxidation sites excluding steroid dienone is 1. The number of hydrogen-bond acceptors (Lipinski definition) is 2. The predicted octanol–water partition coefficient (Wildman–Crippen LogP) is 2.78. The average molecular weight is 168 g/mol. The zero-order valence-corrected chi connectivity index (χ0v) is 7.71. The van der Waals surface area contributed by atoms with E-state index in [9.17, 15) is 0 Å². The molecule has 1 aliphatic rings. The maximum Gasteiger partial charge on any atom is 0.142 e. The average Bonchev–Trinajstić information content (AvgIpc) is 2.06. The van der Waals surface area contributed by atoms with Crippen LogP contribution in [0.2, 0.25) is 0 Å². The van der Waals surface area contributed by atoms with Crippen molar-refractivity contribution >= 4 is 0 Å². The van der Waals surface area contributed by atoms with E-state index in [1.165, 1.54) is 0 Å². The van der Waals surface area contributed by atoms with E-state index >= 15 is 0 Å². The van der Waals surface area contributed by atoms with Crippen molar-refractivity contribution in [3.05, 3.63) is 24.3 Å². The minimum Gasteiger partial charge on any atom is -0.251 e. The maximum absolute atomic E-state index is 8.79. The van der Waals surface area contributed by atoms with Crippen LogP contribution in [0.1, 0.15) is 26.7 Å². The fourth-order valence-electron chi connectivity index (χ4n) is 1.45. The van der Waals surface area contributed by atoms with Crippen molar-refractivity contribution in [2.75, 3.05) is 0 Å². The van der Waals surface area contributed by atoms with Crippen molar-refractivity contribution < 1.29 is 10.1 Å². The summed E-state index contributed by atoms with van der Waals surface area (Å²) < 4.78 is 0. The lowest BCUT2D eigenvalue weighted by Crippen LogP contribution is -2.33. The molecule has 0 aliphatic heterocycles. The molecule has 1 rings (SSSR count). The van der Waals surface area contributed by atoms with E-state index in [1.807, 2.05) is 13.0 Å². The minimum atomic E-state index is -0.619. The van der Waals surface area contributed by atoms with Gasteiger partial charge in [0.05, 0.1) is 0 Å². The summed E-state index contributed by atoms with van der Waals surface area (Å²) in [7, 11) is 0. The first-order valence-corrected chi connectivity index (χ1v) is 4.28. The summed E-state index contributed by atoms with van der Waals surface area (Å²) in [5, 5.41) is 8.79. The third kappa shape index (κ3) is 1.59. The standard InChI is InChI=1S/C10H16O2/c1-8(2)10(12-11)6-4-9(3)5-7-10/h4,6,9,11H,1,5,7H2,2-3H3. The highest BCUT2D eigenvalue weighted by Gasteiger charge is 2.32. The molecule has 1 N–H and O–H groups in total. The second-order valence-electron chi connectivity index (χ2n) is 3.64. The summed E-state index contributed by atoms with van der Waals surface area (Å²) in [5.74, 6) is 0.577. The first-order chi connectivity index (χ1) is 5.60. The Bertz CT molecular complexity index is 208. The van der Waals surface area contributed by atoms with Gasteiger partial charge in [-0.2, -0.15) is 0 Å². The van der Waals surface area contributed by atoms with Crippen molar-refractivity contribution in [3.8, 4) is 0 Å². The predicted molar refractivity (Wildman–Crippen MR) is 48.8 cm³/mol. The molecule has 0 radical (unpaired) electrons. The van der Waals surface area contributed by atoms with E-state index in [1.54, 1.807) is 0 Å². The van der Waals surface area contributed by atoms with Crippen LogP contribution in [0.4, 0.5) is 0 Å². The SMILES string of the molecule is C=C(C)C1(OO)C=CC(C)CC1. The zero-order valence-electron chi connectivity index (χ0n) is 7.71. The van der Waals surface area contributed by atoms with Crippen molar-refractivity contribution in [2.45, 2.75) is 32.3 Å². The van der Waals surface area contributed by atoms with Gasteiger partial charge in [-0.25, -0.2) is 4.89 Å². The van der Waals surface area contributed by atoms with Crippen LogP contribution in [-0.2, 0) is 4.89 Å². The van der Waals surface area contributed by atoms with Gasteiger partial charge in [-0.1, -0.05) is 19.6 Å². The highest BCUT2D eigenvalue weighted by Crippen LogP contribution is 2.33. The van der Waals surface area contributed by atoms with Crippen LogP contribution >= 0.6 is 0 Å². The van der Waals surface area contributed by atoms with Crippen LogP contribution < -0.4 is 0 Å². The molecule has 68 valence electrons. The van der Waals surface area contributed by atoms with Gasteiger partial charge in [0.25, 0.3) is 0 Å². The van der Waals surface area contributed by atoms with E-state index in [4.69, 9.17) is 5.26 Å². The Balaban J connectivity index is 2.82. The van der Waals surface area contributed by atoms with E-state index in [2.05, 4.69) is 24.5 Å². The first kappa shape index (κ1) is 9.49. The van der Waals surface area contributed by atoms with Crippen molar-refractivity contribution in [3.63, 3.8) is 0 Å². The summed E-state index contributed by atoms with van der Waals surface area (Å²) in [6, 6.07) is 0. The molecule has 2 heteroatoms. The zero-order chi connectivity index (χ0) is 9.19. The number of hydrogen-bond donors (Lipinski definition) is 1. The second-order valence-corrected chi connectivity index (χ2v) is 3.64. The number of rotatable bonds is 2. The monoisotopic (exact) mass is 168 g/mol. The van der Waals surface area contributed by atoms with E-state index < -0.39 is 5.60 Å². The molecule has 0 heterocycles. The Morgan fingerprint density at radius 2 is 2.42 bits per heavy atom. The van der Waals surface area contributed by atoms with E-state index in [0.717, 1.165) is 18.4 Å². The van der Waals surface area contributed by atoms with Crippen molar-refractivity contribution in [1.82, 2.24) is 0 Å². The van der Waals surface area contributed by atoms with Gasteiger partial charge in [-0.15, -0.1) is 0 Å². The molecule has 2 unspecified atom stereocenters. The topological polar surface area (TPSA) is 29.5 Å². The van der Waals surface area contributed by atoms with Gasteiger partial charge in [-0.3, -0.25) is 5.26 Å². The maximum atomic E-state index is 8.79. The molecule has 2 nitrogen and oxygen atoms in total. The summed E-state index contributed by atoms with van der Waals surface area (Å²) in [6.45, 7) is 7.83. The van der Waals surface area contributed by atoms with Gasteiger partial charge in [0.2, 0.25) is 0 Å². The lowest BCUT2D eigenvalue weighted by atomic mass is 9.82. The molecule has 0 aromatic heterocycles. The van der Waals surface area contributed by atoms with Crippen LogP contribution in [0.25, 0.3) is 0 Å². The van der Waals surface area contributed by atoms with Crippen LogP contribution in [0.15, 0.2) is 24.3 Å². The van der Waals surface area contributed by atoms with Crippen LogP contribution in [0.5, 0.6) is 0 Å². The van der Waals surface area contributed by atoms with Gasteiger partial charge in [-0.05, 0) is 37.3 Å². The van der Waals surface area contributed by atoms with Crippen molar-refractivity contribution in [2.24, 2.45) is 5.92 Å². The van der Waals surface area contributed by atoms with Gasteiger partial charge < -0.3 is 0 Å². The second kappa shape index (κ2) is 3.42. The smallest absolute Gasteiger partial charge is 0.142 e. The Morgan fingerprint density at radius 1 is 1.75 bits per heavy atom. The molecule has 0 aromatic rings. The van der Waals surface area contributed by atoms with Gasteiger partial charge in [0, 0.05) is 0 Å². The summed E-state index contributed by atoms with van der Waals surface area (Å²) in [6.07, 6.45) is 5.82. The molecule has 0 amide bonds. The Morgan fingerprint density at radius 3 is 2.75 bits per heavy atom. The van der Waals surface area contributed by atoms with Crippen LogP contribution in [-0.4, -0.2) is 10.9 Å². The normalized spacial score (nSPS) is 35.1. The Kier molecular flexibility index (Phi) is 2.70. The highest BCUT2D eigenvalue weighted by atomic mass is 17.1. The quantitative estimate of drug-likeness (QED) is 0.390. The van der Waals surface area contributed by atoms with E-state index in [0.29, 0.717) is 5.92 Å². The molecule has 0 saturated heterocycles. The molecule has 2 atom stereocenters. The summed E-state index contributed by atoms with van der Waals surface area (Å²) in [4.78, 5) is 4.50. The summed E-state index contributed by atoms with van der Waals surface area (Å²) >= 11 is 0. The molecule has 0 saturated carbocycles. The molecular weight excluding hydrogens is 152 g/mol. The Hall–Kier alpha value is -0.600. The molecule has 0 fully saturated rings. The lowest BCUT2D eigenvalue weighted by Gasteiger charge is -2.32. The largest absolute Gasteiger partial charge is 0.251 e. The van der Waals surface area contributed by atoms with Gasteiger partial charge in [0.15, 0.2) is 0 Å². The minimum absolute atomic E-state index is 0.577. The lowest BCUT2D eigenvalue weighted by molar-refractivity contribution is -0.299. The summed E-state index contributed by atoms with van der Waals surface area (Å²) in [5.41, 5.74) is 0.236. The van der Waals surface area contributed by atoms with Crippen molar-refractivity contribution in [1.29, 1.82) is 0 Å².